The van der Waals surface area contributed by atoms with Crippen LogP contribution in [0.4, 0.5) is 14.9 Å². The number of aromatic nitrogens is 1. The van der Waals surface area contributed by atoms with Crippen LogP contribution in [0.25, 0.3) is 10.9 Å². The van der Waals surface area contributed by atoms with E-state index in [9.17, 15) is 18.8 Å². The molecule has 6 rings (SSSR count). The summed E-state index contributed by atoms with van der Waals surface area (Å²) in [5, 5.41) is 0.471. The predicted octanol–water partition coefficient (Wildman–Crippen LogP) is 9.16. The summed E-state index contributed by atoms with van der Waals surface area (Å²) in [5.41, 5.74) is 3.69. The van der Waals surface area contributed by atoms with Crippen LogP contribution >= 0.6 is 0 Å². The van der Waals surface area contributed by atoms with Crippen LogP contribution in [0, 0.1) is 11.7 Å². The monoisotopic (exact) mass is 703 g/mol. The molecule has 0 atom stereocenters. The second-order valence-corrected chi connectivity index (χ2v) is 19.9. The number of rotatable bonds is 11. The van der Waals surface area contributed by atoms with Crippen molar-refractivity contribution in [3.8, 4) is 5.75 Å². The zero-order valence-electron chi connectivity index (χ0n) is 29.6. The highest BCUT2D eigenvalue weighted by Gasteiger charge is 2.41. The topological polar surface area (TPSA) is 89.0 Å². The molecule has 0 bridgehead atoms. The van der Waals surface area contributed by atoms with Gasteiger partial charge in [0, 0.05) is 44.2 Å². The molecule has 0 fully saturated rings. The summed E-state index contributed by atoms with van der Waals surface area (Å²) in [4.78, 5) is 50.2. The second-order valence-electron chi connectivity index (χ2n) is 14.3. The van der Waals surface area contributed by atoms with Gasteiger partial charge in [0.25, 0.3) is 5.91 Å². The molecule has 0 unspecified atom stereocenters. The van der Waals surface area contributed by atoms with Gasteiger partial charge in [-0.3, -0.25) is 14.6 Å². The van der Waals surface area contributed by atoms with Crippen molar-refractivity contribution in [1.82, 2.24) is 9.88 Å². The third kappa shape index (κ3) is 7.71. The molecule has 0 spiro atoms. The Kier molecular flexibility index (Phi) is 10.3. The second kappa shape index (κ2) is 14.9. The van der Waals surface area contributed by atoms with Crippen LogP contribution in [0.3, 0.4) is 0 Å². The van der Waals surface area contributed by atoms with E-state index in [-0.39, 0.29) is 48.4 Å². The lowest BCUT2D eigenvalue weighted by atomic mass is 9.98. The van der Waals surface area contributed by atoms with Gasteiger partial charge in [-0.15, -0.1) is 0 Å². The highest BCUT2D eigenvalue weighted by molar-refractivity contribution is 6.76. The van der Waals surface area contributed by atoms with Crippen molar-refractivity contribution in [3.63, 3.8) is 0 Å². The summed E-state index contributed by atoms with van der Waals surface area (Å²) in [5.74, 6) is -1.53. The minimum Gasteiger partial charge on any atom is -0.478 e. The lowest BCUT2D eigenvalue weighted by molar-refractivity contribution is -0.121. The van der Waals surface area contributed by atoms with E-state index in [1.807, 2.05) is 60.7 Å². The van der Waals surface area contributed by atoms with Crippen LogP contribution in [0.1, 0.15) is 52.6 Å². The van der Waals surface area contributed by atoms with E-state index in [2.05, 4.69) is 19.6 Å². The van der Waals surface area contributed by atoms with Crippen LogP contribution in [0.2, 0.25) is 25.7 Å². The van der Waals surface area contributed by atoms with Crippen molar-refractivity contribution in [3.05, 3.63) is 137 Å². The maximum absolute atomic E-state index is 14.6. The molecule has 1 aliphatic rings. The number of hydrogen-bond acceptors (Lipinski definition) is 6. The van der Waals surface area contributed by atoms with E-state index in [0.29, 0.717) is 16.5 Å². The molecule has 51 heavy (non-hydrogen) atoms. The molecule has 3 amide bonds. The van der Waals surface area contributed by atoms with Crippen molar-refractivity contribution in [2.75, 3.05) is 11.5 Å². The highest BCUT2D eigenvalue weighted by atomic mass is 28.3. The van der Waals surface area contributed by atoms with E-state index >= 15 is 0 Å². The molecule has 0 N–H and O–H groups in total. The van der Waals surface area contributed by atoms with Crippen LogP contribution < -0.4 is 9.64 Å². The molecule has 1 aromatic heterocycles. The summed E-state index contributed by atoms with van der Waals surface area (Å²) < 4.78 is 26.6. The minimum atomic E-state index is -1.57. The molecular weight excluding hydrogens is 662 g/mol. The molecular formula is C41H42FN3O5Si. The van der Waals surface area contributed by atoms with E-state index in [1.165, 1.54) is 12.1 Å². The lowest BCUT2D eigenvalue weighted by Crippen LogP contribution is -2.41. The highest BCUT2D eigenvalue weighted by Crippen LogP contribution is 2.47. The average Bonchev–Trinajstić information content (AvgIpc) is 3.43. The van der Waals surface area contributed by atoms with Crippen LogP contribution in [-0.4, -0.2) is 42.5 Å². The van der Waals surface area contributed by atoms with Gasteiger partial charge in [-0.1, -0.05) is 106 Å². The van der Waals surface area contributed by atoms with Gasteiger partial charge >= 0.3 is 6.09 Å². The number of nitrogens with zero attached hydrogens (tertiary/aromatic N) is 3. The van der Waals surface area contributed by atoms with Crippen LogP contribution in [-0.2, 0) is 22.6 Å². The molecule has 0 saturated heterocycles. The van der Waals surface area contributed by atoms with Crippen molar-refractivity contribution >= 4 is 42.6 Å². The Morgan fingerprint density at radius 2 is 1.53 bits per heavy atom. The fourth-order valence-corrected chi connectivity index (χ4v) is 6.90. The van der Waals surface area contributed by atoms with E-state index in [0.717, 1.165) is 27.6 Å². The zero-order valence-corrected chi connectivity index (χ0v) is 30.6. The molecule has 10 heteroatoms. The largest absolute Gasteiger partial charge is 0.478 e. The first kappa shape index (κ1) is 35.5. The Morgan fingerprint density at radius 1 is 0.902 bits per heavy atom. The van der Waals surface area contributed by atoms with Gasteiger partial charge in [0.1, 0.15) is 17.4 Å². The van der Waals surface area contributed by atoms with Crippen LogP contribution in [0.5, 0.6) is 5.75 Å². The molecule has 2 heterocycles. The molecule has 0 saturated carbocycles. The maximum Gasteiger partial charge on any atom is 0.421 e. The number of ether oxygens (including phenoxy) is 2. The molecule has 8 nitrogen and oxygen atoms in total. The van der Waals surface area contributed by atoms with Gasteiger partial charge in [-0.05, 0) is 47.0 Å². The smallest absolute Gasteiger partial charge is 0.421 e. The Morgan fingerprint density at radius 3 is 2.12 bits per heavy atom. The van der Waals surface area contributed by atoms with Gasteiger partial charge in [0.2, 0.25) is 5.91 Å². The van der Waals surface area contributed by atoms with Gasteiger partial charge in [0.05, 0.1) is 17.9 Å². The quantitative estimate of drug-likeness (QED) is 0.128. The Bertz CT molecular complexity index is 2010. The number of amides is 3. The number of carbonyl (C=O) groups excluding carboxylic acids is 3. The number of anilines is 1. The number of benzene rings is 4. The van der Waals surface area contributed by atoms with Crippen molar-refractivity contribution in [1.29, 1.82) is 0 Å². The minimum absolute atomic E-state index is 0.0630. The fourth-order valence-electron chi connectivity index (χ4n) is 6.18. The maximum atomic E-state index is 14.6. The first-order valence-electron chi connectivity index (χ1n) is 17.2. The van der Waals surface area contributed by atoms with E-state index in [1.54, 1.807) is 49.2 Å². The lowest BCUT2D eigenvalue weighted by Gasteiger charge is -2.28. The van der Waals surface area contributed by atoms with Crippen molar-refractivity contribution in [2.24, 2.45) is 5.92 Å². The first-order chi connectivity index (χ1) is 24.4. The number of imide groups is 1. The molecule has 0 aliphatic carbocycles. The molecule has 4 aromatic carbocycles. The number of fused-ring (bicyclic) bond motifs is 2. The van der Waals surface area contributed by atoms with E-state index in [4.69, 9.17) is 14.5 Å². The van der Waals surface area contributed by atoms with Gasteiger partial charge in [-0.25, -0.2) is 14.1 Å². The summed E-state index contributed by atoms with van der Waals surface area (Å²) in [6.45, 7) is 10.4. The molecule has 0 radical (unpaired) electrons. The van der Waals surface area contributed by atoms with Gasteiger partial charge in [-0.2, -0.15) is 0 Å². The van der Waals surface area contributed by atoms with Gasteiger partial charge in [0.15, 0.2) is 5.75 Å². The SMILES string of the molecule is CC(C)C(=O)N(C(=O)OCC[Si](C)(C)C)c1c2c(c(OC(c3ccccc3)c3ccccc3)c3ncccc13)C(=O)N(Cc1ccc(F)cc1)C2. The molecule has 262 valence electrons. The third-order valence-electron chi connectivity index (χ3n) is 8.87. The molecule has 5 aromatic rings. The fraction of sp³-hybridized carbons (Fsp3) is 0.268. The summed E-state index contributed by atoms with van der Waals surface area (Å²) in [6.07, 6.45) is 0.178. The summed E-state index contributed by atoms with van der Waals surface area (Å²) in [6, 6.07) is 29.6. The summed E-state index contributed by atoms with van der Waals surface area (Å²) in [7, 11) is -1.57. The number of pyridine rings is 1. The number of halogens is 1. The number of carbonyl (C=O) groups is 3. The van der Waals surface area contributed by atoms with E-state index < -0.39 is 32.1 Å². The number of hydrogen-bond donors (Lipinski definition) is 0. The zero-order chi connectivity index (χ0) is 36.3. The first-order valence-corrected chi connectivity index (χ1v) is 20.9. The standard InChI is InChI=1S/C41H42FN3O5Si/c1-27(2)39(46)45(41(48)49-23-24-51(3,4)5)36-32-17-12-22-43-35(32)38(50-37(29-13-8-6-9-14-29)30-15-10-7-11-16-30)34-33(36)26-44(40(34)47)25-28-18-20-31(42)21-19-28/h6-22,27,37H,23-26H2,1-5H3. The predicted molar refractivity (Wildman–Crippen MR) is 199 cm³/mol. The van der Waals surface area contributed by atoms with Gasteiger partial charge < -0.3 is 14.4 Å². The van der Waals surface area contributed by atoms with Crippen molar-refractivity contribution in [2.45, 2.75) is 58.7 Å². The molecule has 1 aliphatic heterocycles. The third-order valence-corrected chi connectivity index (χ3v) is 10.6. The summed E-state index contributed by atoms with van der Waals surface area (Å²) >= 11 is 0. The Hall–Kier alpha value is -5.35. The average molecular weight is 704 g/mol. The van der Waals surface area contributed by atoms with Crippen molar-refractivity contribution < 1.29 is 28.2 Å². The normalized spacial score (nSPS) is 12.8. The Balaban J connectivity index is 1.57. The Labute approximate surface area is 298 Å². The van der Waals surface area contributed by atoms with Crippen LogP contribution in [0.15, 0.2) is 103 Å².